The lowest BCUT2D eigenvalue weighted by Gasteiger charge is -2.06. The van der Waals surface area contributed by atoms with Crippen LogP contribution in [-0.2, 0) is 0 Å². The lowest BCUT2D eigenvalue weighted by atomic mass is 10.0. The summed E-state index contributed by atoms with van der Waals surface area (Å²) < 4.78 is 5.59. The first-order valence-corrected chi connectivity index (χ1v) is 4.94. The van der Waals surface area contributed by atoms with Gasteiger partial charge in [0.25, 0.3) is 0 Å². The van der Waals surface area contributed by atoms with Crippen LogP contribution in [0.5, 0.6) is 5.75 Å². The van der Waals surface area contributed by atoms with Gasteiger partial charge < -0.3 is 9.94 Å². The Labute approximate surface area is 87.2 Å². The largest absolute Gasteiger partial charge is 0.491 e. The van der Waals surface area contributed by atoms with Crippen LogP contribution in [-0.4, -0.2) is 11.8 Å². The SMILES string of the molecule is ONC1COc2c1ccc1ccccc21. The standard InChI is InChI=1S/C12H11NO2/c14-13-11-7-15-12-9-4-2-1-3-8(9)5-6-10(11)12/h1-6,11,13-14H,7H2. The highest BCUT2D eigenvalue weighted by molar-refractivity contribution is 5.90. The molecule has 0 radical (unpaired) electrons. The van der Waals surface area contributed by atoms with Gasteiger partial charge in [0.15, 0.2) is 0 Å². The molecule has 0 aromatic heterocycles. The molecule has 76 valence electrons. The fraction of sp³-hybridized carbons (Fsp3) is 0.167. The second-order valence-electron chi connectivity index (χ2n) is 3.70. The Morgan fingerprint density at radius 1 is 1.20 bits per heavy atom. The average molecular weight is 201 g/mol. The van der Waals surface area contributed by atoms with Crippen molar-refractivity contribution in [3.05, 3.63) is 42.0 Å². The van der Waals surface area contributed by atoms with Gasteiger partial charge in [-0.25, -0.2) is 0 Å². The van der Waals surface area contributed by atoms with E-state index in [2.05, 4.69) is 11.5 Å². The van der Waals surface area contributed by atoms with Gasteiger partial charge in [0, 0.05) is 10.9 Å². The number of rotatable bonds is 1. The highest BCUT2D eigenvalue weighted by Gasteiger charge is 2.24. The van der Waals surface area contributed by atoms with Crippen molar-refractivity contribution in [1.29, 1.82) is 0 Å². The fourth-order valence-electron chi connectivity index (χ4n) is 2.06. The van der Waals surface area contributed by atoms with Crippen LogP contribution in [0.15, 0.2) is 36.4 Å². The lowest BCUT2D eigenvalue weighted by Crippen LogP contribution is -2.17. The maximum absolute atomic E-state index is 8.95. The number of hydrogen-bond acceptors (Lipinski definition) is 3. The Hall–Kier alpha value is -1.58. The predicted molar refractivity (Wildman–Crippen MR) is 57.1 cm³/mol. The first-order valence-electron chi connectivity index (χ1n) is 4.94. The van der Waals surface area contributed by atoms with E-state index in [0.717, 1.165) is 22.1 Å². The normalized spacial score (nSPS) is 18.9. The highest BCUT2D eigenvalue weighted by Crippen LogP contribution is 2.38. The van der Waals surface area contributed by atoms with E-state index in [0.29, 0.717) is 6.61 Å². The molecule has 2 aromatic rings. The molecule has 3 rings (SSSR count). The fourth-order valence-corrected chi connectivity index (χ4v) is 2.06. The van der Waals surface area contributed by atoms with Crippen LogP contribution in [0.25, 0.3) is 10.8 Å². The summed E-state index contributed by atoms with van der Waals surface area (Å²) in [6.45, 7) is 0.486. The van der Waals surface area contributed by atoms with Crippen molar-refractivity contribution in [3.8, 4) is 5.75 Å². The van der Waals surface area contributed by atoms with E-state index in [-0.39, 0.29) is 6.04 Å². The highest BCUT2D eigenvalue weighted by atomic mass is 16.5. The Kier molecular flexibility index (Phi) is 1.87. The second kappa shape index (κ2) is 3.22. The van der Waals surface area contributed by atoms with Crippen molar-refractivity contribution in [2.24, 2.45) is 0 Å². The van der Waals surface area contributed by atoms with Gasteiger partial charge in [-0.1, -0.05) is 36.4 Å². The molecule has 0 saturated heterocycles. The first kappa shape index (κ1) is 8.71. The number of benzene rings is 2. The summed E-state index contributed by atoms with van der Waals surface area (Å²) in [5.41, 5.74) is 3.28. The molecule has 1 aliphatic rings. The molecule has 1 atom stereocenters. The van der Waals surface area contributed by atoms with E-state index in [4.69, 9.17) is 9.94 Å². The summed E-state index contributed by atoms with van der Waals surface area (Å²) in [6.07, 6.45) is 0. The zero-order valence-electron chi connectivity index (χ0n) is 8.10. The molecule has 0 fully saturated rings. The van der Waals surface area contributed by atoms with Crippen molar-refractivity contribution in [3.63, 3.8) is 0 Å². The Balaban J connectivity index is 2.28. The molecule has 1 heterocycles. The topological polar surface area (TPSA) is 41.5 Å². The van der Waals surface area contributed by atoms with Crippen molar-refractivity contribution >= 4 is 10.8 Å². The third-order valence-electron chi connectivity index (χ3n) is 2.84. The van der Waals surface area contributed by atoms with Crippen molar-refractivity contribution < 1.29 is 9.94 Å². The second-order valence-corrected chi connectivity index (χ2v) is 3.70. The molecule has 2 aromatic carbocycles. The quantitative estimate of drug-likeness (QED) is 0.695. The van der Waals surface area contributed by atoms with Crippen molar-refractivity contribution in [2.45, 2.75) is 6.04 Å². The smallest absolute Gasteiger partial charge is 0.132 e. The molecule has 0 spiro atoms. The van der Waals surface area contributed by atoms with E-state index < -0.39 is 0 Å². The average Bonchev–Trinajstić information content (AvgIpc) is 2.72. The van der Waals surface area contributed by atoms with Gasteiger partial charge in [-0.3, -0.25) is 0 Å². The minimum Gasteiger partial charge on any atom is -0.491 e. The van der Waals surface area contributed by atoms with Crippen LogP contribution in [0.2, 0.25) is 0 Å². The minimum absolute atomic E-state index is 0.107. The van der Waals surface area contributed by atoms with E-state index in [1.165, 1.54) is 0 Å². The number of hydroxylamine groups is 1. The van der Waals surface area contributed by atoms with Gasteiger partial charge in [0.2, 0.25) is 0 Å². The molecule has 3 heteroatoms. The van der Waals surface area contributed by atoms with Crippen molar-refractivity contribution in [1.82, 2.24) is 5.48 Å². The van der Waals surface area contributed by atoms with Gasteiger partial charge in [-0.05, 0) is 5.39 Å². The van der Waals surface area contributed by atoms with Gasteiger partial charge >= 0.3 is 0 Å². The summed E-state index contributed by atoms with van der Waals surface area (Å²) in [5.74, 6) is 0.889. The molecule has 3 nitrogen and oxygen atoms in total. The van der Waals surface area contributed by atoms with Crippen LogP contribution in [0.3, 0.4) is 0 Å². The third-order valence-corrected chi connectivity index (χ3v) is 2.84. The van der Waals surface area contributed by atoms with Gasteiger partial charge in [-0.2, -0.15) is 5.48 Å². The molecule has 2 N–H and O–H groups in total. The molecule has 0 amide bonds. The van der Waals surface area contributed by atoms with Gasteiger partial charge in [-0.15, -0.1) is 0 Å². The molecule has 0 saturated carbocycles. The lowest BCUT2D eigenvalue weighted by molar-refractivity contribution is 0.113. The maximum Gasteiger partial charge on any atom is 0.132 e. The van der Waals surface area contributed by atoms with Gasteiger partial charge in [0.05, 0.1) is 6.04 Å². The number of hydrogen-bond donors (Lipinski definition) is 2. The Morgan fingerprint density at radius 3 is 2.93 bits per heavy atom. The summed E-state index contributed by atoms with van der Waals surface area (Å²) >= 11 is 0. The van der Waals surface area contributed by atoms with Crippen LogP contribution in [0.4, 0.5) is 0 Å². The Morgan fingerprint density at radius 2 is 2.07 bits per heavy atom. The summed E-state index contributed by atoms with van der Waals surface area (Å²) in [7, 11) is 0. The number of ether oxygens (including phenoxy) is 1. The molecule has 15 heavy (non-hydrogen) atoms. The Bertz CT molecular complexity index is 510. The maximum atomic E-state index is 8.95. The summed E-state index contributed by atoms with van der Waals surface area (Å²) in [6, 6.07) is 12.0. The molecule has 1 aliphatic heterocycles. The molecule has 1 unspecified atom stereocenters. The zero-order valence-corrected chi connectivity index (χ0v) is 8.10. The molecular formula is C12H11NO2. The van der Waals surface area contributed by atoms with Crippen molar-refractivity contribution in [2.75, 3.05) is 6.61 Å². The first-order chi connectivity index (χ1) is 7.40. The van der Waals surface area contributed by atoms with Crippen LogP contribution < -0.4 is 10.2 Å². The van der Waals surface area contributed by atoms with Crippen LogP contribution in [0, 0.1) is 0 Å². The molecular weight excluding hydrogens is 190 g/mol. The zero-order chi connectivity index (χ0) is 10.3. The number of fused-ring (bicyclic) bond motifs is 3. The van der Waals surface area contributed by atoms with E-state index in [1.54, 1.807) is 0 Å². The van der Waals surface area contributed by atoms with Crippen LogP contribution in [0.1, 0.15) is 11.6 Å². The monoisotopic (exact) mass is 201 g/mol. The number of nitrogens with one attached hydrogen (secondary N) is 1. The van der Waals surface area contributed by atoms with E-state index in [1.807, 2.05) is 30.3 Å². The predicted octanol–water partition coefficient (Wildman–Crippen LogP) is 2.25. The summed E-state index contributed by atoms with van der Waals surface area (Å²) in [5, 5.41) is 11.2. The molecule has 0 bridgehead atoms. The van der Waals surface area contributed by atoms with Crippen LogP contribution >= 0.6 is 0 Å². The molecule has 0 aliphatic carbocycles. The third kappa shape index (κ3) is 1.21. The van der Waals surface area contributed by atoms with E-state index >= 15 is 0 Å². The van der Waals surface area contributed by atoms with E-state index in [9.17, 15) is 0 Å². The van der Waals surface area contributed by atoms with Gasteiger partial charge in [0.1, 0.15) is 12.4 Å². The minimum atomic E-state index is -0.107. The summed E-state index contributed by atoms with van der Waals surface area (Å²) in [4.78, 5) is 0.